The van der Waals surface area contributed by atoms with Gasteiger partial charge in [-0.05, 0) is 75.5 Å². The Hall–Kier alpha value is -1.20. The Morgan fingerprint density at radius 3 is 2.28 bits per heavy atom. The second-order valence-corrected chi connectivity index (χ2v) is 9.21. The Balaban J connectivity index is 1.52. The molecule has 6 heteroatoms. The first-order chi connectivity index (χ1) is 11.5. The van der Waals surface area contributed by atoms with Gasteiger partial charge < -0.3 is 9.47 Å². The van der Waals surface area contributed by atoms with E-state index in [4.69, 9.17) is 9.47 Å². The van der Waals surface area contributed by atoms with Crippen LogP contribution in [0.2, 0.25) is 0 Å². The van der Waals surface area contributed by atoms with Crippen molar-refractivity contribution in [1.29, 1.82) is 0 Å². The van der Waals surface area contributed by atoms with Crippen LogP contribution in [0.4, 0.5) is 18.0 Å². The number of rotatable bonds is 2. The summed E-state index contributed by atoms with van der Waals surface area (Å²) in [6.07, 6.45) is -0.924. The predicted octanol–water partition coefficient (Wildman–Crippen LogP) is 4.96. The van der Waals surface area contributed by atoms with Gasteiger partial charge in [0.05, 0.1) is 0 Å². The third-order valence-corrected chi connectivity index (χ3v) is 6.65. The molecule has 0 aliphatic heterocycles. The molecule has 25 heavy (non-hydrogen) atoms. The van der Waals surface area contributed by atoms with Gasteiger partial charge in [-0.3, -0.25) is 0 Å². The predicted molar refractivity (Wildman–Crippen MR) is 84.6 cm³/mol. The molecular formula is C19H25F3O3. The molecule has 0 aromatic heterocycles. The standard InChI is InChI=1S/C19H25F3O3/c1-18(2,3)25-17(23)24-16(19(20,21)22)13-8-11-7-12(13)15-10-5-4-9(6-10)14(11)15/h4-5,9-16H,6-8H2,1-3H3. The van der Waals surface area contributed by atoms with Crippen LogP contribution in [-0.4, -0.2) is 24.0 Å². The Morgan fingerprint density at radius 1 is 1.04 bits per heavy atom. The fraction of sp³-hybridized carbons (Fsp3) is 0.842. The van der Waals surface area contributed by atoms with Gasteiger partial charge in [0.25, 0.3) is 0 Å². The van der Waals surface area contributed by atoms with Gasteiger partial charge in [-0.2, -0.15) is 13.2 Å². The van der Waals surface area contributed by atoms with E-state index in [2.05, 4.69) is 12.2 Å². The molecule has 0 saturated heterocycles. The molecular weight excluding hydrogens is 333 g/mol. The fourth-order valence-corrected chi connectivity index (χ4v) is 6.19. The molecule has 0 N–H and O–H groups in total. The first-order valence-electron chi connectivity index (χ1n) is 9.19. The summed E-state index contributed by atoms with van der Waals surface area (Å²) in [7, 11) is 0. The normalized spacial score (nSPS) is 42.6. The smallest absolute Gasteiger partial charge is 0.429 e. The van der Waals surface area contributed by atoms with Crippen molar-refractivity contribution in [3.63, 3.8) is 0 Å². The molecule has 0 amide bonds. The van der Waals surface area contributed by atoms with Crippen LogP contribution in [-0.2, 0) is 9.47 Å². The van der Waals surface area contributed by atoms with E-state index in [0.29, 0.717) is 36.0 Å². The molecule has 4 rings (SSSR count). The van der Waals surface area contributed by atoms with Crippen LogP contribution in [0.3, 0.4) is 0 Å². The molecule has 140 valence electrons. The molecule has 4 bridgehead atoms. The SMILES string of the molecule is CC(C)(C)OC(=O)OC(C1CC2CC1C1C3C=CC(C3)C21)C(F)(F)F. The summed E-state index contributed by atoms with van der Waals surface area (Å²) in [6.45, 7) is 4.84. The number of carbonyl (C=O) groups is 1. The van der Waals surface area contributed by atoms with E-state index in [-0.39, 0.29) is 5.92 Å². The first kappa shape index (κ1) is 17.2. The van der Waals surface area contributed by atoms with Crippen LogP contribution in [0.25, 0.3) is 0 Å². The van der Waals surface area contributed by atoms with E-state index < -0.39 is 30.0 Å². The number of allylic oxidation sites excluding steroid dienone is 2. The largest absolute Gasteiger partial charge is 0.509 e. The molecule has 0 aromatic rings. The van der Waals surface area contributed by atoms with Crippen molar-refractivity contribution in [3.05, 3.63) is 12.2 Å². The maximum atomic E-state index is 13.7. The Kier molecular flexibility index (Phi) is 3.72. The second-order valence-electron chi connectivity index (χ2n) is 9.21. The van der Waals surface area contributed by atoms with Gasteiger partial charge >= 0.3 is 12.3 Å². The zero-order valence-corrected chi connectivity index (χ0v) is 14.8. The van der Waals surface area contributed by atoms with Crippen molar-refractivity contribution in [3.8, 4) is 0 Å². The lowest BCUT2D eigenvalue weighted by atomic mass is 9.68. The minimum absolute atomic E-state index is 0.00371. The average molecular weight is 358 g/mol. The van der Waals surface area contributed by atoms with Crippen LogP contribution in [0.15, 0.2) is 12.2 Å². The van der Waals surface area contributed by atoms with Crippen molar-refractivity contribution in [2.45, 2.75) is 57.9 Å². The van der Waals surface area contributed by atoms with Gasteiger partial charge in [0.15, 0.2) is 0 Å². The van der Waals surface area contributed by atoms with Crippen LogP contribution in [0.5, 0.6) is 0 Å². The lowest BCUT2D eigenvalue weighted by molar-refractivity contribution is -0.233. The minimum atomic E-state index is -4.56. The van der Waals surface area contributed by atoms with Crippen LogP contribution in [0, 0.1) is 41.4 Å². The summed E-state index contributed by atoms with van der Waals surface area (Å²) in [4.78, 5) is 11.9. The van der Waals surface area contributed by atoms with E-state index >= 15 is 0 Å². The first-order valence-corrected chi connectivity index (χ1v) is 9.19. The third kappa shape index (κ3) is 2.85. The second kappa shape index (κ2) is 5.40. The van der Waals surface area contributed by atoms with E-state index in [1.807, 2.05) is 0 Å². The number of fused-ring (bicyclic) bond motifs is 9. The highest BCUT2D eigenvalue weighted by Gasteiger charge is 2.65. The summed E-state index contributed by atoms with van der Waals surface area (Å²) in [6, 6.07) is 0. The highest BCUT2D eigenvalue weighted by Crippen LogP contribution is 2.68. The van der Waals surface area contributed by atoms with E-state index in [0.717, 1.165) is 12.8 Å². The molecule has 4 aliphatic rings. The van der Waals surface area contributed by atoms with Crippen molar-refractivity contribution in [2.75, 3.05) is 0 Å². The summed E-state index contributed by atoms with van der Waals surface area (Å²) in [5.41, 5.74) is -0.873. The van der Waals surface area contributed by atoms with Crippen LogP contribution < -0.4 is 0 Å². The molecule has 0 radical (unpaired) electrons. The number of ether oxygens (including phenoxy) is 2. The maximum Gasteiger partial charge on any atom is 0.509 e. The van der Waals surface area contributed by atoms with E-state index in [9.17, 15) is 18.0 Å². The zero-order valence-electron chi connectivity index (χ0n) is 14.8. The number of halogens is 3. The molecule has 4 aliphatic carbocycles. The summed E-state index contributed by atoms with van der Waals surface area (Å²) < 4.78 is 50.8. The molecule has 0 heterocycles. The number of hydrogen-bond donors (Lipinski definition) is 0. The van der Waals surface area contributed by atoms with Gasteiger partial charge in [-0.15, -0.1) is 0 Å². The van der Waals surface area contributed by atoms with Gasteiger partial charge in [-0.1, -0.05) is 12.2 Å². The Bertz CT molecular complexity index is 592. The molecule has 8 unspecified atom stereocenters. The molecule has 3 fully saturated rings. The topological polar surface area (TPSA) is 35.5 Å². The summed E-state index contributed by atoms with van der Waals surface area (Å²) >= 11 is 0. The van der Waals surface area contributed by atoms with Gasteiger partial charge in [0.2, 0.25) is 6.10 Å². The van der Waals surface area contributed by atoms with E-state index in [1.54, 1.807) is 20.8 Å². The van der Waals surface area contributed by atoms with Crippen molar-refractivity contribution in [2.24, 2.45) is 41.4 Å². The van der Waals surface area contributed by atoms with Crippen molar-refractivity contribution in [1.82, 2.24) is 0 Å². The minimum Gasteiger partial charge on any atom is -0.429 e. The van der Waals surface area contributed by atoms with Crippen LogP contribution in [0.1, 0.15) is 40.0 Å². The van der Waals surface area contributed by atoms with E-state index in [1.165, 1.54) is 0 Å². The lowest BCUT2D eigenvalue weighted by Crippen LogP contribution is -2.46. The van der Waals surface area contributed by atoms with Crippen molar-refractivity contribution < 1.29 is 27.4 Å². The monoisotopic (exact) mass is 358 g/mol. The molecule has 3 nitrogen and oxygen atoms in total. The third-order valence-electron chi connectivity index (χ3n) is 6.65. The zero-order chi connectivity index (χ0) is 18.1. The van der Waals surface area contributed by atoms with Crippen molar-refractivity contribution >= 4 is 6.16 Å². The number of hydrogen-bond acceptors (Lipinski definition) is 3. The maximum absolute atomic E-state index is 13.7. The van der Waals surface area contributed by atoms with Gasteiger partial charge in [-0.25, -0.2) is 4.79 Å². The lowest BCUT2D eigenvalue weighted by Gasteiger charge is -2.40. The quantitative estimate of drug-likeness (QED) is 0.397. The van der Waals surface area contributed by atoms with Crippen LogP contribution >= 0.6 is 0 Å². The Morgan fingerprint density at radius 2 is 1.68 bits per heavy atom. The average Bonchev–Trinajstić information content (AvgIpc) is 3.19. The highest BCUT2D eigenvalue weighted by molar-refractivity contribution is 5.60. The Labute approximate surface area is 145 Å². The molecule has 0 aromatic carbocycles. The molecule has 3 saturated carbocycles. The number of alkyl halides is 3. The van der Waals surface area contributed by atoms with Gasteiger partial charge in [0.1, 0.15) is 5.60 Å². The summed E-state index contributed by atoms with van der Waals surface area (Å²) in [5.74, 6) is 1.57. The fourth-order valence-electron chi connectivity index (χ4n) is 6.19. The molecule has 0 spiro atoms. The summed E-state index contributed by atoms with van der Waals surface area (Å²) in [5, 5.41) is 0. The highest BCUT2D eigenvalue weighted by atomic mass is 19.4. The molecule has 8 atom stereocenters. The number of carbonyl (C=O) groups excluding carboxylic acids is 1. The van der Waals surface area contributed by atoms with Gasteiger partial charge in [0, 0.05) is 5.92 Å².